The van der Waals surface area contributed by atoms with E-state index in [2.05, 4.69) is 10.2 Å². The van der Waals surface area contributed by atoms with Crippen molar-refractivity contribution in [2.24, 2.45) is 5.92 Å². The molecule has 0 aliphatic rings. The lowest BCUT2D eigenvalue weighted by molar-refractivity contribution is -0.144. The number of hydrogen-bond acceptors (Lipinski definition) is 5. The zero-order chi connectivity index (χ0) is 33.4. The molecule has 246 valence electrons. The number of amides is 1. The molecular weight excluding hydrogens is 569 g/mol. The number of nitrogens with zero attached hydrogens (tertiary/aromatic N) is 2. The third-order valence-corrected chi connectivity index (χ3v) is 8.16. The van der Waals surface area contributed by atoms with E-state index in [0.29, 0.717) is 24.0 Å². The standard InChI is InChI=1S/C37H50FN3O4.H2/c1-10-28-19-27(15-16-40(8)9)22-41(37(28)44)32(17-23(3)4)36(43)39-31(21-33(42)45-11-2)30-20-29(18-26(7)35(30)38)34-24(5)13-12-14-25(34)6;/h12-14,18-20,22-23,31-32H,10-11,15-17,21H2,1-9H3,(H,39,43);1H/t31-,32?;/m0./s1. The van der Waals surface area contributed by atoms with Crippen LogP contribution in [0.4, 0.5) is 4.39 Å². The van der Waals surface area contributed by atoms with E-state index in [1.807, 2.05) is 73.0 Å². The van der Waals surface area contributed by atoms with Crippen molar-refractivity contribution in [3.8, 4) is 11.1 Å². The van der Waals surface area contributed by atoms with Crippen LogP contribution in [-0.2, 0) is 27.2 Å². The molecule has 7 nitrogen and oxygen atoms in total. The van der Waals surface area contributed by atoms with Crippen molar-refractivity contribution in [3.63, 3.8) is 0 Å². The van der Waals surface area contributed by atoms with Gasteiger partial charge in [-0.15, -0.1) is 0 Å². The molecule has 0 radical (unpaired) electrons. The predicted molar refractivity (Wildman–Crippen MR) is 181 cm³/mol. The fraction of sp³-hybridized carbons (Fsp3) is 0.486. The lowest BCUT2D eigenvalue weighted by Crippen LogP contribution is -2.41. The number of carbonyl (C=O) groups excluding carboxylic acids is 2. The van der Waals surface area contributed by atoms with Crippen LogP contribution in [0, 0.1) is 32.5 Å². The van der Waals surface area contributed by atoms with Gasteiger partial charge in [-0.2, -0.15) is 0 Å². The molecule has 1 heterocycles. The van der Waals surface area contributed by atoms with Crippen LogP contribution in [-0.4, -0.2) is 48.6 Å². The molecule has 0 fully saturated rings. The van der Waals surface area contributed by atoms with Crippen LogP contribution in [0.15, 0.2) is 47.4 Å². The van der Waals surface area contributed by atoms with Crippen molar-refractivity contribution in [1.82, 2.24) is 14.8 Å². The Morgan fingerprint density at radius 2 is 1.71 bits per heavy atom. The number of esters is 1. The van der Waals surface area contributed by atoms with Gasteiger partial charge in [0.15, 0.2) is 0 Å². The van der Waals surface area contributed by atoms with E-state index < -0.39 is 29.8 Å². The SMILES string of the molecule is CCOC(=O)C[C@H](NC(=O)C(CC(C)C)n1cc(CCN(C)C)cc(CC)c1=O)c1cc(-c2c(C)cccc2C)cc(C)c1F.[HH]. The Labute approximate surface area is 269 Å². The molecule has 3 rings (SSSR count). The van der Waals surface area contributed by atoms with Crippen LogP contribution in [0.3, 0.4) is 0 Å². The normalized spacial score (nSPS) is 12.8. The first kappa shape index (κ1) is 35.7. The Hall–Kier alpha value is -3.78. The summed E-state index contributed by atoms with van der Waals surface area (Å²) in [5.74, 6) is -1.40. The Morgan fingerprint density at radius 1 is 1.04 bits per heavy atom. The van der Waals surface area contributed by atoms with Gasteiger partial charge in [0.2, 0.25) is 5.91 Å². The number of benzene rings is 2. The maximum absolute atomic E-state index is 16.0. The third kappa shape index (κ3) is 9.13. The summed E-state index contributed by atoms with van der Waals surface area (Å²) in [4.78, 5) is 42.8. The van der Waals surface area contributed by atoms with Crippen molar-refractivity contribution in [2.45, 2.75) is 86.2 Å². The number of pyridine rings is 1. The molecule has 2 atom stereocenters. The molecule has 0 saturated carbocycles. The van der Waals surface area contributed by atoms with Crippen LogP contribution < -0.4 is 10.9 Å². The molecule has 0 spiro atoms. The first-order valence-corrected chi connectivity index (χ1v) is 16.0. The molecule has 1 N–H and O–H groups in total. The van der Waals surface area contributed by atoms with E-state index in [1.54, 1.807) is 32.2 Å². The Morgan fingerprint density at radius 3 is 2.29 bits per heavy atom. The summed E-state index contributed by atoms with van der Waals surface area (Å²) in [6, 6.07) is 9.57. The quantitative estimate of drug-likeness (QED) is 0.198. The summed E-state index contributed by atoms with van der Waals surface area (Å²) in [6.07, 6.45) is 3.17. The molecular formula is C37H52FN3O4. The molecule has 1 aromatic heterocycles. The second-order valence-electron chi connectivity index (χ2n) is 12.7. The van der Waals surface area contributed by atoms with Crippen molar-refractivity contribution >= 4 is 11.9 Å². The van der Waals surface area contributed by atoms with E-state index >= 15 is 4.39 Å². The molecule has 0 aliphatic carbocycles. The van der Waals surface area contributed by atoms with Crippen LogP contribution in [0.1, 0.15) is 87.4 Å². The van der Waals surface area contributed by atoms with Gasteiger partial charge in [-0.05, 0) is 119 Å². The zero-order valence-corrected chi connectivity index (χ0v) is 28.4. The molecule has 0 saturated heterocycles. The summed E-state index contributed by atoms with van der Waals surface area (Å²) >= 11 is 0. The first-order valence-electron chi connectivity index (χ1n) is 16.0. The summed E-state index contributed by atoms with van der Waals surface area (Å²) in [7, 11) is 3.98. The van der Waals surface area contributed by atoms with Gasteiger partial charge in [-0.3, -0.25) is 14.4 Å². The topological polar surface area (TPSA) is 80.6 Å². The second kappa shape index (κ2) is 16.0. The number of nitrogens with one attached hydrogen (secondary N) is 1. The monoisotopic (exact) mass is 621 g/mol. The summed E-state index contributed by atoms with van der Waals surface area (Å²) in [6.45, 7) is 14.3. The van der Waals surface area contributed by atoms with E-state index in [-0.39, 0.29) is 31.5 Å². The van der Waals surface area contributed by atoms with Gasteiger partial charge >= 0.3 is 5.97 Å². The zero-order valence-electron chi connectivity index (χ0n) is 28.4. The van der Waals surface area contributed by atoms with Crippen molar-refractivity contribution in [3.05, 3.63) is 92.1 Å². The fourth-order valence-corrected chi connectivity index (χ4v) is 5.85. The minimum absolute atomic E-state index is 0. The number of rotatable bonds is 14. The molecule has 1 unspecified atom stereocenters. The van der Waals surface area contributed by atoms with Crippen LogP contribution >= 0.6 is 0 Å². The van der Waals surface area contributed by atoms with Gasteiger partial charge in [0.25, 0.3) is 5.56 Å². The summed E-state index contributed by atoms with van der Waals surface area (Å²) in [5, 5.41) is 2.99. The second-order valence-corrected chi connectivity index (χ2v) is 12.7. The summed E-state index contributed by atoms with van der Waals surface area (Å²) in [5.41, 5.74) is 5.86. The number of likely N-dealkylation sites (N-methyl/N-ethyl adjacent to an activating group) is 1. The van der Waals surface area contributed by atoms with E-state index in [9.17, 15) is 14.4 Å². The number of aromatic nitrogens is 1. The van der Waals surface area contributed by atoms with Gasteiger partial charge in [0.1, 0.15) is 11.9 Å². The highest BCUT2D eigenvalue weighted by Crippen LogP contribution is 2.34. The van der Waals surface area contributed by atoms with E-state index in [0.717, 1.165) is 40.8 Å². The van der Waals surface area contributed by atoms with Gasteiger partial charge in [0.05, 0.1) is 19.1 Å². The van der Waals surface area contributed by atoms with Crippen LogP contribution in [0.25, 0.3) is 11.1 Å². The Kier molecular flexibility index (Phi) is 12.7. The average Bonchev–Trinajstić information content (AvgIpc) is 2.96. The predicted octanol–water partition coefficient (Wildman–Crippen LogP) is 6.89. The number of carbonyl (C=O) groups is 2. The van der Waals surface area contributed by atoms with E-state index in [4.69, 9.17) is 4.74 Å². The van der Waals surface area contributed by atoms with Crippen LogP contribution in [0.5, 0.6) is 0 Å². The molecule has 3 aromatic rings. The lowest BCUT2D eigenvalue weighted by atomic mass is 9.90. The third-order valence-electron chi connectivity index (χ3n) is 8.16. The highest BCUT2D eigenvalue weighted by molar-refractivity contribution is 5.82. The van der Waals surface area contributed by atoms with Gasteiger partial charge in [0, 0.05) is 25.3 Å². The summed E-state index contributed by atoms with van der Waals surface area (Å²) < 4.78 is 22.8. The Bertz CT molecular complexity index is 1550. The first-order chi connectivity index (χ1) is 21.3. The van der Waals surface area contributed by atoms with Gasteiger partial charge < -0.3 is 19.5 Å². The fourth-order valence-electron chi connectivity index (χ4n) is 5.85. The molecule has 2 aromatic carbocycles. The van der Waals surface area contributed by atoms with Crippen molar-refractivity contribution < 1.29 is 20.1 Å². The lowest BCUT2D eigenvalue weighted by Gasteiger charge is -2.27. The van der Waals surface area contributed by atoms with Gasteiger partial charge in [-0.1, -0.05) is 39.0 Å². The highest BCUT2D eigenvalue weighted by Gasteiger charge is 2.30. The maximum atomic E-state index is 16.0. The van der Waals surface area contributed by atoms with Crippen molar-refractivity contribution in [1.29, 1.82) is 0 Å². The number of halogens is 1. The minimum Gasteiger partial charge on any atom is -0.466 e. The molecule has 0 aliphatic heterocycles. The smallest absolute Gasteiger partial charge is 0.308 e. The number of ether oxygens (including phenoxy) is 1. The molecule has 0 bridgehead atoms. The highest BCUT2D eigenvalue weighted by atomic mass is 19.1. The Balaban J connectivity index is 0.00000736. The minimum atomic E-state index is -1.01. The molecule has 45 heavy (non-hydrogen) atoms. The molecule has 8 heteroatoms. The number of aryl methyl sites for hydroxylation is 4. The van der Waals surface area contributed by atoms with E-state index in [1.165, 1.54) is 4.57 Å². The largest absolute Gasteiger partial charge is 0.466 e. The average molecular weight is 622 g/mol. The number of hydrogen-bond donors (Lipinski definition) is 1. The maximum Gasteiger partial charge on any atom is 0.308 e. The van der Waals surface area contributed by atoms with Crippen molar-refractivity contribution in [2.75, 3.05) is 27.2 Å². The van der Waals surface area contributed by atoms with Gasteiger partial charge in [-0.25, -0.2) is 4.39 Å². The molecule has 1 amide bonds. The van der Waals surface area contributed by atoms with Crippen LogP contribution in [0.2, 0.25) is 0 Å².